The molecule has 1 aromatic rings. The third-order valence-corrected chi connectivity index (χ3v) is 1.92. The van der Waals surface area contributed by atoms with Crippen LogP contribution in [0.3, 0.4) is 0 Å². The van der Waals surface area contributed by atoms with E-state index in [1.807, 2.05) is 0 Å². The predicted octanol–water partition coefficient (Wildman–Crippen LogP) is 2.50. The van der Waals surface area contributed by atoms with E-state index in [1.165, 1.54) is 12.1 Å². The minimum Gasteiger partial charge on any atom is -0.384 e. The number of nitrogens with two attached hydrogens (primary N) is 1. The Kier molecular flexibility index (Phi) is 2.97. The Morgan fingerprint density at radius 2 is 2.17 bits per heavy atom. The molecule has 0 atom stereocenters. The summed E-state index contributed by atoms with van der Waals surface area (Å²) in [4.78, 5) is 3.76. The highest BCUT2D eigenvalue weighted by molar-refractivity contribution is 9.08. The van der Waals surface area contributed by atoms with Gasteiger partial charge in [0.05, 0.1) is 5.69 Å². The largest absolute Gasteiger partial charge is 0.384 e. The zero-order valence-corrected chi connectivity index (χ0v) is 7.68. The van der Waals surface area contributed by atoms with Gasteiger partial charge >= 0.3 is 0 Å². The van der Waals surface area contributed by atoms with Crippen molar-refractivity contribution >= 4 is 21.7 Å². The first-order valence-corrected chi connectivity index (χ1v) is 4.36. The van der Waals surface area contributed by atoms with Gasteiger partial charge in [-0.05, 0) is 12.1 Å². The summed E-state index contributed by atoms with van der Waals surface area (Å²) < 4.78 is 24.5. The molecule has 0 bridgehead atoms. The van der Waals surface area contributed by atoms with Crippen molar-refractivity contribution in [2.75, 3.05) is 5.73 Å². The van der Waals surface area contributed by atoms with Crippen LogP contribution in [0.2, 0.25) is 0 Å². The molecular weight excluding hydrogens is 230 g/mol. The first-order valence-electron chi connectivity index (χ1n) is 3.24. The highest BCUT2D eigenvalue weighted by atomic mass is 79.9. The van der Waals surface area contributed by atoms with E-state index in [0.717, 1.165) is 0 Å². The number of anilines is 1. The topological polar surface area (TPSA) is 38.9 Å². The summed E-state index contributed by atoms with van der Waals surface area (Å²) in [7, 11) is 0. The Hall–Kier alpha value is -0.710. The molecule has 1 aromatic heterocycles. The molecule has 0 amide bonds. The van der Waals surface area contributed by atoms with Crippen LogP contribution in [0.1, 0.15) is 17.7 Å². The highest BCUT2D eigenvalue weighted by Crippen LogP contribution is 2.23. The van der Waals surface area contributed by atoms with Crippen molar-refractivity contribution in [3.63, 3.8) is 0 Å². The van der Waals surface area contributed by atoms with E-state index in [2.05, 4.69) is 20.9 Å². The molecule has 0 unspecified atom stereocenters. The second-order valence-corrected chi connectivity index (χ2v) is 2.77. The average Bonchev–Trinajstić information content (AvgIpc) is 2.03. The highest BCUT2D eigenvalue weighted by Gasteiger charge is 2.12. The van der Waals surface area contributed by atoms with Crippen molar-refractivity contribution in [2.45, 2.75) is 11.8 Å². The zero-order chi connectivity index (χ0) is 9.14. The van der Waals surface area contributed by atoms with E-state index in [0.29, 0.717) is 5.69 Å². The molecule has 0 radical (unpaired) electrons. The van der Waals surface area contributed by atoms with Gasteiger partial charge in [-0.2, -0.15) is 0 Å². The summed E-state index contributed by atoms with van der Waals surface area (Å²) in [5.74, 6) is 0.258. The summed E-state index contributed by atoms with van der Waals surface area (Å²) in [5.41, 5.74) is 5.55. The fraction of sp³-hybridized carbons (Fsp3) is 0.286. The molecule has 0 aromatic carbocycles. The van der Waals surface area contributed by atoms with Gasteiger partial charge in [-0.25, -0.2) is 13.8 Å². The van der Waals surface area contributed by atoms with Crippen LogP contribution in [0.5, 0.6) is 0 Å². The fourth-order valence-electron chi connectivity index (χ4n) is 0.835. The smallest absolute Gasteiger partial charge is 0.265 e. The van der Waals surface area contributed by atoms with Gasteiger partial charge in [0.15, 0.2) is 0 Å². The summed E-state index contributed by atoms with van der Waals surface area (Å²) in [6.07, 6.45) is -2.49. The summed E-state index contributed by atoms with van der Waals surface area (Å²) in [6.45, 7) is 0. The van der Waals surface area contributed by atoms with Crippen molar-refractivity contribution in [3.05, 3.63) is 23.4 Å². The fourth-order valence-corrected chi connectivity index (χ4v) is 1.28. The molecular formula is C7H7BrF2N2. The van der Waals surface area contributed by atoms with Gasteiger partial charge in [-0.1, -0.05) is 15.9 Å². The molecule has 2 nitrogen and oxygen atoms in total. The maximum Gasteiger partial charge on any atom is 0.265 e. The molecule has 0 aliphatic heterocycles. The van der Waals surface area contributed by atoms with Gasteiger partial charge in [-0.3, -0.25) is 0 Å². The Morgan fingerprint density at radius 1 is 1.50 bits per heavy atom. The molecule has 0 saturated heterocycles. The normalized spacial score (nSPS) is 10.7. The van der Waals surface area contributed by atoms with Crippen LogP contribution in [0.4, 0.5) is 14.6 Å². The molecule has 5 heteroatoms. The molecule has 1 heterocycles. The van der Waals surface area contributed by atoms with Crippen molar-refractivity contribution in [1.82, 2.24) is 4.98 Å². The Labute approximate surface area is 76.9 Å². The molecule has 2 N–H and O–H groups in total. The van der Waals surface area contributed by atoms with Crippen LogP contribution in [0.15, 0.2) is 12.1 Å². The lowest BCUT2D eigenvalue weighted by Gasteiger charge is -2.05. The number of pyridine rings is 1. The molecule has 12 heavy (non-hydrogen) atoms. The quantitative estimate of drug-likeness (QED) is 0.802. The van der Waals surface area contributed by atoms with Gasteiger partial charge in [0.1, 0.15) is 5.82 Å². The third-order valence-electron chi connectivity index (χ3n) is 1.39. The zero-order valence-electron chi connectivity index (χ0n) is 6.10. The summed E-state index contributed by atoms with van der Waals surface area (Å²) in [6, 6.07) is 2.66. The van der Waals surface area contributed by atoms with Crippen molar-refractivity contribution in [3.8, 4) is 0 Å². The average molecular weight is 237 g/mol. The molecule has 1 rings (SSSR count). The summed E-state index contributed by atoms with van der Waals surface area (Å²) in [5, 5.41) is 0.289. The predicted molar refractivity (Wildman–Crippen MR) is 46.2 cm³/mol. The van der Waals surface area contributed by atoms with Crippen molar-refractivity contribution in [1.29, 1.82) is 0 Å². The number of aromatic nitrogens is 1. The molecule has 0 spiro atoms. The van der Waals surface area contributed by atoms with Crippen molar-refractivity contribution in [2.24, 2.45) is 0 Å². The van der Waals surface area contributed by atoms with Crippen LogP contribution >= 0.6 is 15.9 Å². The minimum absolute atomic E-state index is 0.0684. The van der Waals surface area contributed by atoms with Gasteiger partial charge in [0.2, 0.25) is 0 Å². The number of nitrogens with zero attached hydrogens (tertiary/aromatic N) is 1. The molecule has 0 saturated carbocycles. The second kappa shape index (κ2) is 3.80. The SMILES string of the molecule is Nc1ccc(C(F)F)c(CBr)n1. The van der Waals surface area contributed by atoms with Crippen LogP contribution in [0, 0.1) is 0 Å². The lowest BCUT2D eigenvalue weighted by molar-refractivity contribution is 0.150. The monoisotopic (exact) mass is 236 g/mol. The van der Waals surface area contributed by atoms with E-state index >= 15 is 0 Å². The van der Waals surface area contributed by atoms with E-state index in [-0.39, 0.29) is 16.7 Å². The molecule has 0 aliphatic rings. The van der Waals surface area contributed by atoms with E-state index in [9.17, 15) is 8.78 Å². The molecule has 0 fully saturated rings. The van der Waals surface area contributed by atoms with E-state index < -0.39 is 6.43 Å². The number of hydrogen-bond donors (Lipinski definition) is 1. The van der Waals surface area contributed by atoms with Crippen molar-refractivity contribution < 1.29 is 8.78 Å². The number of hydrogen-bond acceptors (Lipinski definition) is 2. The maximum absolute atomic E-state index is 12.2. The lowest BCUT2D eigenvalue weighted by Crippen LogP contribution is -1.99. The molecule has 0 aliphatic carbocycles. The van der Waals surface area contributed by atoms with Crippen LogP contribution in [-0.4, -0.2) is 4.98 Å². The number of rotatable bonds is 2. The number of alkyl halides is 3. The second-order valence-electron chi connectivity index (χ2n) is 2.21. The number of halogens is 3. The Bertz CT molecular complexity index is 278. The first kappa shape index (κ1) is 9.38. The van der Waals surface area contributed by atoms with Gasteiger partial charge in [0.25, 0.3) is 6.43 Å². The third kappa shape index (κ3) is 1.91. The van der Waals surface area contributed by atoms with Gasteiger partial charge in [0, 0.05) is 10.9 Å². The summed E-state index contributed by atoms with van der Waals surface area (Å²) >= 11 is 3.06. The first-order chi connectivity index (χ1) is 5.65. The van der Waals surface area contributed by atoms with Crippen LogP contribution in [0.25, 0.3) is 0 Å². The lowest BCUT2D eigenvalue weighted by atomic mass is 10.2. The standard InChI is InChI=1S/C7H7BrF2N2/c8-3-5-4(7(9)10)1-2-6(11)12-5/h1-2,7H,3H2,(H2,11,12). The Balaban J connectivity index is 3.11. The maximum atomic E-state index is 12.2. The molecule has 66 valence electrons. The van der Waals surface area contributed by atoms with E-state index in [1.54, 1.807) is 0 Å². The van der Waals surface area contributed by atoms with E-state index in [4.69, 9.17) is 5.73 Å². The minimum atomic E-state index is -2.49. The number of nitrogen functional groups attached to an aromatic ring is 1. The van der Waals surface area contributed by atoms with Gasteiger partial charge in [-0.15, -0.1) is 0 Å². The van der Waals surface area contributed by atoms with Crippen LogP contribution in [-0.2, 0) is 5.33 Å². The van der Waals surface area contributed by atoms with Crippen LogP contribution < -0.4 is 5.73 Å². The Morgan fingerprint density at radius 3 is 2.67 bits per heavy atom. The van der Waals surface area contributed by atoms with Gasteiger partial charge < -0.3 is 5.73 Å².